The van der Waals surface area contributed by atoms with E-state index in [-0.39, 0.29) is 24.8 Å². The summed E-state index contributed by atoms with van der Waals surface area (Å²) in [6, 6.07) is 21.6. The van der Waals surface area contributed by atoms with E-state index < -0.39 is 0 Å². The Morgan fingerprint density at radius 2 is 1.04 bits per heavy atom. The first-order chi connectivity index (χ1) is 11.9. The molecule has 0 radical (unpaired) electrons. The predicted octanol–water partition coefficient (Wildman–Crippen LogP) is -4.30. The van der Waals surface area contributed by atoms with Crippen LogP contribution in [0.1, 0.15) is 36.8 Å². The van der Waals surface area contributed by atoms with Gasteiger partial charge in [0.1, 0.15) is 13.2 Å². The van der Waals surface area contributed by atoms with Gasteiger partial charge in [-0.15, -0.1) is 0 Å². The van der Waals surface area contributed by atoms with Crippen LogP contribution in [0, 0.1) is 0 Å². The minimum absolute atomic E-state index is 0. The van der Waals surface area contributed by atoms with Crippen molar-refractivity contribution in [1.29, 1.82) is 0 Å². The quantitative estimate of drug-likeness (QED) is 0.442. The Balaban J connectivity index is 0.00000169. The van der Waals surface area contributed by atoms with Gasteiger partial charge < -0.3 is 24.8 Å². The zero-order chi connectivity index (χ0) is 16.5. The molecule has 2 aromatic rings. The molecule has 0 aromatic heterocycles. The lowest BCUT2D eigenvalue weighted by molar-refractivity contribution is -0.985. The standard InChI is InChI=1S/C20H26N2O2.2ClH/c1-3-9-17(10-4-1)15-23-21-19-13-7-8-14-20(19)22-24-16-18-11-5-2-6-12-18;;/h1-6,9-12,19-22H,7-8,13-16H2;2*1H/t19-,20+;;. The van der Waals surface area contributed by atoms with Crippen molar-refractivity contribution in [3.63, 3.8) is 0 Å². The number of benzene rings is 2. The van der Waals surface area contributed by atoms with E-state index in [1.54, 1.807) is 0 Å². The molecule has 0 saturated heterocycles. The van der Waals surface area contributed by atoms with E-state index in [0.717, 1.165) is 0 Å². The van der Waals surface area contributed by atoms with E-state index >= 15 is 0 Å². The second-order valence-electron chi connectivity index (χ2n) is 6.48. The summed E-state index contributed by atoms with van der Waals surface area (Å²) >= 11 is 0. The van der Waals surface area contributed by atoms with Crippen LogP contribution in [-0.4, -0.2) is 12.1 Å². The van der Waals surface area contributed by atoms with Crippen LogP contribution in [0.5, 0.6) is 0 Å². The maximum atomic E-state index is 5.85. The third kappa shape index (κ3) is 7.62. The van der Waals surface area contributed by atoms with Crippen molar-refractivity contribution >= 4 is 0 Å². The Bertz CT molecular complexity index is 533. The van der Waals surface area contributed by atoms with Crippen LogP contribution in [0.4, 0.5) is 0 Å². The highest BCUT2D eigenvalue weighted by molar-refractivity contribution is 5.13. The molecule has 0 heterocycles. The molecule has 2 atom stereocenters. The summed E-state index contributed by atoms with van der Waals surface area (Å²) in [5, 5.41) is 0. The fourth-order valence-corrected chi connectivity index (χ4v) is 3.21. The summed E-state index contributed by atoms with van der Waals surface area (Å²) in [6.07, 6.45) is 4.92. The first-order valence-electron chi connectivity index (χ1n) is 8.89. The Morgan fingerprint density at radius 1 is 0.654 bits per heavy atom. The summed E-state index contributed by atoms with van der Waals surface area (Å²) in [5.41, 5.74) is 6.51. The van der Waals surface area contributed by atoms with E-state index in [4.69, 9.17) is 9.68 Å². The van der Waals surface area contributed by atoms with Crippen molar-refractivity contribution in [3.05, 3.63) is 71.8 Å². The summed E-state index contributed by atoms with van der Waals surface area (Å²) < 4.78 is 0. The lowest BCUT2D eigenvalue weighted by atomic mass is 9.91. The number of quaternary nitrogens is 2. The van der Waals surface area contributed by atoms with Crippen LogP contribution in [0.2, 0.25) is 0 Å². The highest BCUT2D eigenvalue weighted by Crippen LogP contribution is 2.14. The Hall–Kier alpha value is -1.14. The number of hydroxylamine groups is 2. The number of halogens is 2. The second kappa shape index (κ2) is 13.1. The minimum Gasteiger partial charge on any atom is -1.00 e. The van der Waals surface area contributed by atoms with Crippen LogP contribution in [0.15, 0.2) is 60.7 Å². The average Bonchev–Trinajstić information content (AvgIpc) is 2.65. The summed E-state index contributed by atoms with van der Waals surface area (Å²) in [4.78, 5) is 11.7. The van der Waals surface area contributed by atoms with Crippen LogP contribution in [0.25, 0.3) is 0 Å². The van der Waals surface area contributed by atoms with Gasteiger partial charge in [0.15, 0.2) is 12.1 Å². The summed E-state index contributed by atoms with van der Waals surface area (Å²) in [7, 11) is 0. The van der Waals surface area contributed by atoms with Crippen molar-refractivity contribution in [2.75, 3.05) is 0 Å². The van der Waals surface area contributed by atoms with Crippen LogP contribution in [-0.2, 0) is 22.9 Å². The molecule has 0 bridgehead atoms. The first-order valence-corrected chi connectivity index (χ1v) is 8.89. The SMILES string of the molecule is [Cl-].[Cl-].c1ccc(CO[NH2+][C@H]2CCCC[C@H]2[NH2+]OCc2ccccc2)cc1. The van der Waals surface area contributed by atoms with Crippen LogP contribution in [0.3, 0.4) is 0 Å². The van der Waals surface area contributed by atoms with E-state index in [0.29, 0.717) is 25.3 Å². The molecule has 4 nitrogen and oxygen atoms in total. The third-order valence-corrected chi connectivity index (χ3v) is 4.60. The largest absolute Gasteiger partial charge is 1.00 e. The molecule has 6 heteroatoms. The van der Waals surface area contributed by atoms with Gasteiger partial charge in [-0.25, -0.2) is 9.68 Å². The van der Waals surface area contributed by atoms with E-state index in [2.05, 4.69) is 24.3 Å². The lowest BCUT2D eigenvalue weighted by Gasteiger charge is -2.25. The van der Waals surface area contributed by atoms with Gasteiger partial charge in [-0.3, -0.25) is 0 Å². The van der Waals surface area contributed by atoms with Crippen molar-refractivity contribution < 1.29 is 45.4 Å². The van der Waals surface area contributed by atoms with Crippen molar-refractivity contribution in [2.45, 2.75) is 51.0 Å². The molecular weight excluding hydrogens is 371 g/mol. The van der Waals surface area contributed by atoms with E-state index in [1.807, 2.05) is 47.4 Å². The van der Waals surface area contributed by atoms with Gasteiger partial charge in [0.25, 0.3) is 0 Å². The monoisotopic (exact) mass is 398 g/mol. The molecule has 1 aliphatic rings. The molecule has 0 spiro atoms. The normalized spacial score (nSPS) is 19.2. The van der Waals surface area contributed by atoms with Crippen molar-refractivity contribution in [1.82, 2.24) is 0 Å². The Morgan fingerprint density at radius 3 is 1.42 bits per heavy atom. The molecule has 1 aliphatic carbocycles. The highest BCUT2D eigenvalue weighted by Gasteiger charge is 2.32. The maximum absolute atomic E-state index is 5.85. The highest BCUT2D eigenvalue weighted by atomic mass is 35.5. The van der Waals surface area contributed by atoms with Gasteiger partial charge in [-0.1, -0.05) is 60.7 Å². The fourth-order valence-electron chi connectivity index (χ4n) is 3.21. The smallest absolute Gasteiger partial charge is 0.170 e. The van der Waals surface area contributed by atoms with E-state index in [9.17, 15) is 0 Å². The summed E-state index contributed by atoms with van der Waals surface area (Å²) in [5.74, 6) is 0. The van der Waals surface area contributed by atoms with E-state index in [1.165, 1.54) is 36.8 Å². The van der Waals surface area contributed by atoms with Crippen LogP contribution >= 0.6 is 0 Å². The molecule has 1 saturated carbocycles. The molecule has 0 amide bonds. The number of rotatable bonds is 8. The molecule has 26 heavy (non-hydrogen) atoms. The fraction of sp³-hybridized carbons (Fsp3) is 0.400. The minimum atomic E-state index is 0. The molecule has 2 aromatic carbocycles. The predicted molar refractivity (Wildman–Crippen MR) is 92.4 cm³/mol. The molecule has 144 valence electrons. The molecule has 1 fully saturated rings. The van der Waals surface area contributed by atoms with Gasteiger partial charge in [-0.2, -0.15) is 11.0 Å². The third-order valence-electron chi connectivity index (χ3n) is 4.60. The zero-order valence-corrected chi connectivity index (χ0v) is 16.4. The average molecular weight is 399 g/mol. The molecule has 4 N–H and O–H groups in total. The van der Waals surface area contributed by atoms with Gasteiger partial charge in [0, 0.05) is 12.8 Å². The maximum Gasteiger partial charge on any atom is 0.170 e. The van der Waals surface area contributed by atoms with Gasteiger partial charge in [0.2, 0.25) is 0 Å². The van der Waals surface area contributed by atoms with Gasteiger partial charge >= 0.3 is 0 Å². The lowest BCUT2D eigenvalue weighted by Crippen LogP contribution is -3.03. The first kappa shape index (κ1) is 22.9. The van der Waals surface area contributed by atoms with Crippen LogP contribution < -0.4 is 35.8 Å². The molecule has 0 unspecified atom stereocenters. The molecule has 0 aliphatic heterocycles. The number of nitrogens with two attached hydrogens (primary N) is 2. The number of hydrogen-bond acceptors (Lipinski definition) is 2. The van der Waals surface area contributed by atoms with Gasteiger partial charge in [-0.05, 0) is 24.0 Å². The Kier molecular flexibility index (Phi) is 11.5. The van der Waals surface area contributed by atoms with Crippen molar-refractivity contribution in [3.8, 4) is 0 Å². The summed E-state index contributed by atoms with van der Waals surface area (Å²) in [6.45, 7) is 1.30. The topological polar surface area (TPSA) is 51.7 Å². The zero-order valence-electron chi connectivity index (χ0n) is 14.9. The number of hydrogen-bond donors (Lipinski definition) is 2. The molecular formula is C20H28Cl2N2O2. The molecule has 3 rings (SSSR count). The second-order valence-corrected chi connectivity index (χ2v) is 6.48. The van der Waals surface area contributed by atoms with Gasteiger partial charge in [0.05, 0.1) is 0 Å². The van der Waals surface area contributed by atoms with Crippen molar-refractivity contribution in [2.24, 2.45) is 0 Å². The Labute approximate surface area is 168 Å².